The van der Waals surface area contributed by atoms with Gasteiger partial charge >= 0.3 is 0 Å². The van der Waals surface area contributed by atoms with Crippen LogP contribution in [0.25, 0.3) is 10.9 Å². The Morgan fingerprint density at radius 1 is 1.24 bits per heavy atom. The number of H-pyrrole nitrogens is 1. The fourth-order valence-electron chi connectivity index (χ4n) is 4.34. The van der Waals surface area contributed by atoms with Gasteiger partial charge in [-0.2, -0.15) is 0 Å². The van der Waals surface area contributed by atoms with Crippen LogP contribution in [0.3, 0.4) is 0 Å². The van der Waals surface area contributed by atoms with Gasteiger partial charge in [0.15, 0.2) is 5.13 Å². The number of thiazole rings is 1. The highest BCUT2D eigenvalue weighted by Gasteiger charge is 2.30. The number of anilines is 2. The van der Waals surface area contributed by atoms with E-state index < -0.39 is 6.04 Å². The molecule has 176 valence electrons. The maximum atomic E-state index is 13.6. The molecule has 0 radical (unpaired) electrons. The fourth-order valence-corrected chi connectivity index (χ4v) is 5.29. The third-order valence-corrected chi connectivity index (χ3v) is 7.20. The number of fused-ring (bicyclic) bond motifs is 1. The summed E-state index contributed by atoms with van der Waals surface area (Å²) >= 11 is 1.60. The Kier molecular flexibility index (Phi) is 6.34. The van der Waals surface area contributed by atoms with Gasteiger partial charge in [0.2, 0.25) is 5.91 Å². The number of rotatable bonds is 9. The van der Waals surface area contributed by atoms with Crippen molar-refractivity contribution >= 4 is 39.0 Å². The topological polar surface area (TPSA) is 78.2 Å². The van der Waals surface area contributed by atoms with Crippen molar-refractivity contribution in [1.29, 1.82) is 0 Å². The van der Waals surface area contributed by atoms with E-state index in [2.05, 4.69) is 16.8 Å². The summed E-state index contributed by atoms with van der Waals surface area (Å²) in [6, 6.07) is 13.7. The average Bonchev–Trinajstić information content (AvgIpc) is 3.44. The van der Waals surface area contributed by atoms with Crippen LogP contribution in [-0.2, 0) is 17.8 Å². The summed E-state index contributed by atoms with van der Waals surface area (Å²) in [5.74, 6) is -0.570. The number of para-hydroxylation sites is 1. The number of nitrogens with one attached hydrogen (secondary N) is 1. The second-order valence-electron chi connectivity index (χ2n) is 8.71. The van der Waals surface area contributed by atoms with Crippen LogP contribution in [0.1, 0.15) is 31.0 Å². The minimum absolute atomic E-state index is 0.221. The molecule has 1 atom stereocenters. The van der Waals surface area contributed by atoms with Gasteiger partial charge in [-0.3, -0.25) is 4.79 Å². The summed E-state index contributed by atoms with van der Waals surface area (Å²) in [6.45, 7) is 3.33. The van der Waals surface area contributed by atoms with Gasteiger partial charge in [-0.15, -0.1) is 11.3 Å². The van der Waals surface area contributed by atoms with E-state index in [9.17, 15) is 9.18 Å². The van der Waals surface area contributed by atoms with Crippen molar-refractivity contribution in [1.82, 2.24) is 9.97 Å². The molecule has 1 unspecified atom stereocenters. The highest BCUT2D eigenvalue weighted by Crippen LogP contribution is 2.33. The second-order valence-corrected chi connectivity index (χ2v) is 9.55. The molecule has 6 nitrogen and oxygen atoms in total. The number of hydrogen-bond donors (Lipinski definition) is 2. The van der Waals surface area contributed by atoms with Crippen molar-refractivity contribution in [3.63, 3.8) is 0 Å². The van der Waals surface area contributed by atoms with Gasteiger partial charge in [0.25, 0.3) is 0 Å². The SMILES string of the molecule is CCN(c1nc(CN(C(=O)C(N)Cc2c[nH]c3ccccc23)c2ccc(F)cc2)cs1)C1CC1. The van der Waals surface area contributed by atoms with Crippen LogP contribution in [-0.4, -0.2) is 34.5 Å². The first kappa shape index (κ1) is 22.6. The number of aromatic nitrogens is 2. The molecule has 1 aliphatic rings. The summed E-state index contributed by atoms with van der Waals surface area (Å²) in [4.78, 5) is 25.6. The highest BCUT2D eigenvalue weighted by molar-refractivity contribution is 7.13. The lowest BCUT2D eigenvalue weighted by molar-refractivity contribution is -0.120. The molecular weight excluding hydrogens is 449 g/mol. The average molecular weight is 478 g/mol. The van der Waals surface area contributed by atoms with Crippen molar-refractivity contribution < 1.29 is 9.18 Å². The summed E-state index contributed by atoms with van der Waals surface area (Å²) in [5, 5.41) is 4.03. The third kappa shape index (κ3) is 4.69. The molecule has 0 aliphatic heterocycles. The molecule has 1 amide bonds. The Morgan fingerprint density at radius 3 is 2.74 bits per heavy atom. The highest BCUT2D eigenvalue weighted by atomic mass is 32.1. The Balaban J connectivity index is 1.38. The number of carbonyl (C=O) groups is 1. The van der Waals surface area contributed by atoms with E-state index in [1.807, 2.05) is 35.8 Å². The molecule has 5 rings (SSSR count). The monoisotopic (exact) mass is 477 g/mol. The second kappa shape index (κ2) is 9.56. The van der Waals surface area contributed by atoms with E-state index in [4.69, 9.17) is 10.7 Å². The van der Waals surface area contributed by atoms with Crippen LogP contribution >= 0.6 is 11.3 Å². The lowest BCUT2D eigenvalue weighted by Crippen LogP contribution is -2.45. The third-order valence-electron chi connectivity index (χ3n) is 6.27. The van der Waals surface area contributed by atoms with E-state index in [0.29, 0.717) is 18.2 Å². The maximum Gasteiger partial charge on any atom is 0.244 e. The quantitative estimate of drug-likeness (QED) is 0.361. The van der Waals surface area contributed by atoms with Crippen molar-refractivity contribution in [3.8, 4) is 0 Å². The zero-order valence-electron chi connectivity index (χ0n) is 19.1. The van der Waals surface area contributed by atoms with E-state index >= 15 is 0 Å². The van der Waals surface area contributed by atoms with Gasteiger partial charge in [-0.05, 0) is 62.1 Å². The first-order valence-electron chi connectivity index (χ1n) is 11.6. The van der Waals surface area contributed by atoms with Crippen LogP contribution in [0.15, 0.2) is 60.1 Å². The number of amides is 1. The molecule has 0 saturated heterocycles. The summed E-state index contributed by atoms with van der Waals surface area (Å²) < 4.78 is 13.6. The Morgan fingerprint density at radius 2 is 2.00 bits per heavy atom. The summed E-state index contributed by atoms with van der Waals surface area (Å²) in [6.07, 6.45) is 4.70. The number of hydrogen-bond acceptors (Lipinski definition) is 5. The molecular formula is C26H28FN5OS. The van der Waals surface area contributed by atoms with Crippen molar-refractivity contribution in [3.05, 3.63) is 77.2 Å². The molecule has 2 aromatic carbocycles. The number of carbonyl (C=O) groups excluding carboxylic acids is 1. The summed E-state index contributed by atoms with van der Waals surface area (Å²) in [7, 11) is 0. The van der Waals surface area contributed by atoms with Crippen LogP contribution < -0.4 is 15.5 Å². The number of nitrogens with two attached hydrogens (primary N) is 1. The zero-order valence-corrected chi connectivity index (χ0v) is 19.9. The number of halogens is 1. The van der Waals surface area contributed by atoms with Crippen molar-refractivity contribution in [2.24, 2.45) is 5.73 Å². The van der Waals surface area contributed by atoms with Gasteiger partial charge in [-0.25, -0.2) is 9.37 Å². The molecule has 8 heteroatoms. The lowest BCUT2D eigenvalue weighted by atomic mass is 10.0. The number of nitrogens with zero attached hydrogens (tertiary/aromatic N) is 3. The molecule has 2 heterocycles. The molecule has 34 heavy (non-hydrogen) atoms. The van der Waals surface area contributed by atoms with Gasteiger partial charge in [0.1, 0.15) is 5.82 Å². The first-order valence-corrected chi connectivity index (χ1v) is 12.5. The van der Waals surface area contributed by atoms with Gasteiger partial charge in [0, 0.05) is 40.8 Å². The van der Waals surface area contributed by atoms with Crippen LogP contribution in [0.4, 0.5) is 15.2 Å². The van der Waals surface area contributed by atoms with E-state index in [-0.39, 0.29) is 18.3 Å². The van der Waals surface area contributed by atoms with Crippen molar-refractivity contribution in [2.75, 3.05) is 16.3 Å². The minimum atomic E-state index is -0.749. The Labute approximate surface area is 202 Å². The maximum absolute atomic E-state index is 13.6. The lowest BCUT2D eigenvalue weighted by Gasteiger charge is -2.25. The molecule has 0 bridgehead atoms. The fraction of sp³-hybridized carbons (Fsp3) is 0.308. The van der Waals surface area contributed by atoms with Gasteiger partial charge in [-0.1, -0.05) is 18.2 Å². The van der Waals surface area contributed by atoms with E-state index in [1.165, 1.54) is 25.0 Å². The molecule has 0 spiro atoms. The molecule has 1 saturated carbocycles. The van der Waals surface area contributed by atoms with E-state index in [1.54, 1.807) is 28.4 Å². The van der Waals surface area contributed by atoms with Gasteiger partial charge in [0.05, 0.1) is 18.3 Å². The zero-order chi connectivity index (χ0) is 23.7. The van der Waals surface area contributed by atoms with Gasteiger partial charge < -0.3 is 20.5 Å². The predicted molar refractivity (Wildman–Crippen MR) is 136 cm³/mol. The van der Waals surface area contributed by atoms with Crippen molar-refractivity contribution in [2.45, 2.75) is 44.8 Å². The smallest absolute Gasteiger partial charge is 0.244 e. The largest absolute Gasteiger partial charge is 0.361 e. The minimum Gasteiger partial charge on any atom is -0.361 e. The first-order chi connectivity index (χ1) is 16.5. The molecule has 1 aliphatic carbocycles. The predicted octanol–water partition coefficient (Wildman–Crippen LogP) is 4.86. The number of benzene rings is 2. The van der Waals surface area contributed by atoms with Crippen LogP contribution in [0.5, 0.6) is 0 Å². The normalized spacial score (nSPS) is 14.3. The standard InChI is InChI=1S/C26H28FN5OS/c1-2-31(20-11-12-20)26-30-19(16-34-26)15-32(21-9-7-18(27)8-10-21)25(33)23(28)13-17-14-29-24-6-4-3-5-22(17)24/h3-10,14,16,20,23,29H,2,11-13,15,28H2,1H3. The molecule has 4 aromatic rings. The Hall–Kier alpha value is -3.23. The molecule has 2 aromatic heterocycles. The molecule has 3 N–H and O–H groups in total. The molecule has 1 fully saturated rings. The van der Waals surface area contributed by atoms with Crippen LogP contribution in [0, 0.1) is 5.82 Å². The Bertz CT molecular complexity index is 1280. The van der Waals surface area contributed by atoms with E-state index in [0.717, 1.165) is 33.8 Å². The van der Waals surface area contributed by atoms with Crippen LogP contribution in [0.2, 0.25) is 0 Å². The number of aromatic amines is 1. The summed E-state index contributed by atoms with van der Waals surface area (Å²) in [5.41, 5.74) is 9.85.